The Morgan fingerprint density at radius 1 is 1.00 bits per heavy atom. The van der Waals surface area contributed by atoms with Crippen molar-refractivity contribution in [1.29, 1.82) is 0 Å². The third kappa shape index (κ3) is 2.87. The Kier molecular flexibility index (Phi) is 3.67. The fourth-order valence-corrected chi connectivity index (χ4v) is 2.03. The summed E-state index contributed by atoms with van der Waals surface area (Å²) in [6.07, 6.45) is 0.950. The minimum absolute atomic E-state index is 0.788. The van der Waals surface area contributed by atoms with Gasteiger partial charge >= 0.3 is 0 Å². The maximum atomic E-state index is 5.85. The SMILES string of the molecule is Cc1cc(Cc2ccc(Cl)cc2)ccc1Br. The largest absolute Gasteiger partial charge is 0.0843 e. The van der Waals surface area contributed by atoms with Crippen LogP contribution in [0.1, 0.15) is 16.7 Å². The van der Waals surface area contributed by atoms with Crippen molar-refractivity contribution in [2.24, 2.45) is 0 Å². The quantitative estimate of drug-likeness (QED) is 0.731. The van der Waals surface area contributed by atoms with Crippen LogP contribution < -0.4 is 0 Å². The molecule has 0 bridgehead atoms. The van der Waals surface area contributed by atoms with Gasteiger partial charge in [-0.25, -0.2) is 0 Å². The average Bonchev–Trinajstić information content (AvgIpc) is 2.27. The first kappa shape index (κ1) is 11.7. The molecule has 0 radical (unpaired) electrons. The molecule has 0 aliphatic carbocycles. The van der Waals surface area contributed by atoms with E-state index < -0.39 is 0 Å². The molecular weight excluding hydrogens is 284 g/mol. The Morgan fingerprint density at radius 2 is 1.62 bits per heavy atom. The lowest BCUT2D eigenvalue weighted by atomic mass is 10.0. The normalized spacial score (nSPS) is 10.4. The zero-order valence-electron chi connectivity index (χ0n) is 9.00. The second-order valence-electron chi connectivity index (χ2n) is 3.89. The Balaban J connectivity index is 2.20. The van der Waals surface area contributed by atoms with Crippen molar-refractivity contribution < 1.29 is 0 Å². The van der Waals surface area contributed by atoms with Crippen LogP contribution in [-0.2, 0) is 6.42 Å². The molecule has 0 aliphatic heterocycles. The molecule has 82 valence electrons. The molecular formula is C14H12BrCl. The molecule has 0 nitrogen and oxygen atoms in total. The summed E-state index contributed by atoms with van der Waals surface area (Å²) in [4.78, 5) is 0. The molecule has 0 fully saturated rings. The Bertz CT molecular complexity index is 489. The molecule has 2 aromatic carbocycles. The minimum atomic E-state index is 0.788. The van der Waals surface area contributed by atoms with E-state index in [1.54, 1.807) is 0 Å². The monoisotopic (exact) mass is 294 g/mol. The average molecular weight is 296 g/mol. The Labute approximate surface area is 109 Å². The van der Waals surface area contributed by atoms with Gasteiger partial charge in [-0.05, 0) is 48.2 Å². The summed E-state index contributed by atoms with van der Waals surface area (Å²) < 4.78 is 1.16. The van der Waals surface area contributed by atoms with Crippen molar-refractivity contribution in [1.82, 2.24) is 0 Å². The summed E-state index contributed by atoms with van der Waals surface area (Å²) in [6.45, 7) is 2.11. The minimum Gasteiger partial charge on any atom is -0.0843 e. The Hall–Kier alpha value is -0.790. The molecule has 0 N–H and O–H groups in total. The number of aryl methyl sites for hydroxylation is 1. The van der Waals surface area contributed by atoms with Crippen molar-refractivity contribution in [2.75, 3.05) is 0 Å². The molecule has 16 heavy (non-hydrogen) atoms. The molecule has 0 aromatic heterocycles. The van der Waals surface area contributed by atoms with Gasteiger partial charge in [-0.3, -0.25) is 0 Å². The molecule has 2 heteroatoms. The van der Waals surface area contributed by atoms with E-state index in [-0.39, 0.29) is 0 Å². The van der Waals surface area contributed by atoms with E-state index in [9.17, 15) is 0 Å². The molecule has 0 aliphatic rings. The highest BCUT2D eigenvalue weighted by atomic mass is 79.9. The van der Waals surface area contributed by atoms with Crippen LogP contribution in [0.25, 0.3) is 0 Å². The summed E-state index contributed by atoms with van der Waals surface area (Å²) in [5, 5.41) is 0.788. The van der Waals surface area contributed by atoms with Gasteiger partial charge in [-0.2, -0.15) is 0 Å². The van der Waals surface area contributed by atoms with Gasteiger partial charge in [0.2, 0.25) is 0 Å². The fraction of sp³-hybridized carbons (Fsp3) is 0.143. The van der Waals surface area contributed by atoms with E-state index in [1.807, 2.05) is 12.1 Å². The molecule has 0 saturated carbocycles. The van der Waals surface area contributed by atoms with Crippen LogP contribution >= 0.6 is 27.5 Å². The lowest BCUT2D eigenvalue weighted by Gasteiger charge is -2.05. The first-order valence-electron chi connectivity index (χ1n) is 5.14. The fourth-order valence-electron chi connectivity index (χ4n) is 1.65. The van der Waals surface area contributed by atoms with Crippen molar-refractivity contribution in [2.45, 2.75) is 13.3 Å². The smallest absolute Gasteiger partial charge is 0.0406 e. The van der Waals surface area contributed by atoms with Crippen LogP contribution in [0, 0.1) is 6.92 Å². The van der Waals surface area contributed by atoms with Crippen LogP contribution in [-0.4, -0.2) is 0 Å². The molecule has 0 heterocycles. The van der Waals surface area contributed by atoms with Gasteiger partial charge < -0.3 is 0 Å². The zero-order chi connectivity index (χ0) is 11.5. The van der Waals surface area contributed by atoms with Crippen molar-refractivity contribution in [3.8, 4) is 0 Å². The number of hydrogen-bond acceptors (Lipinski definition) is 0. The van der Waals surface area contributed by atoms with Gasteiger partial charge in [-0.15, -0.1) is 0 Å². The zero-order valence-corrected chi connectivity index (χ0v) is 11.3. The second kappa shape index (κ2) is 5.03. The van der Waals surface area contributed by atoms with Crippen LogP contribution in [0.5, 0.6) is 0 Å². The van der Waals surface area contributed by atoms with Gasteiger partial charge in [0.1, 0.15) is 0 Å². The summed E-state index contributed by atoms with van der Waals surface area (Å²) in [7, 11) is 0. The van der Waals surface area contributed by atoms with E-state index in [1.165, 1.54) is 16.7 Å². The van der Waals surface area contributed by atoms with Crippen LogP contribution in [0.4, 0.5) is 0 Å². The maximum Gasteiger partial charge on any atom is 0.0406 e. The predicted octanol–water partition coefficient (Wildman–Crippen LogP) is 5.00. The topological polar surface area (TPSA) is 0 Å². The van der Waals surface area contributed by atoms with E-state index in [2.05, 4.69) is 53.2 Å². The molecule has 0 saturated heterocycles. The van der Waals surface area contributed by atoms with Crippen LogP contribution in [0.3, 0.4) is 0 Å². The first-order chi connectivity index (χ1) is 7.65. The Morgan fingerprint density at radius 3 is 2.25 bits per heavy atom. The number of halogens is 2. The van der Waals surface area contributed by atoms with Crippen molar-refractivity contribution >= 4 is 27.5 Å². The summed E-state index contributed by atoms with van der Waals surface area (Å²) >= 11 is 9.36. The summed E-state index contributed by atoms with van der Waals surface area (Å²) in [5.74, 6) is 0. The molecule has 0 unspecified atom stereocenters. The standard InChI is InChI=1S/C14H12BrCl/c1-10-8-12(4-7-14(10)15)9-11-2-5-13(16)6-3-11/h2-8H,9H2,1H3. The van der Waals surface area contributed by atoms with Crippen molar-refractivity contribution in [3.05, 3.63) is 68.7 Å². The maximum absolute atomic E-state index is 5.85. The van der Waals surface area contributed by atoms with Crippen LogP contribution in [0.2, 0.25) is 5.02 Å². The van der Waals surface area contributed by atoms with E-state index >= 15 is 0 Å². The van der Waals surface area contributed by atoms with E-state index in [0.717, 1.165) is 15.9 Å². The molecule has 0 atom stereocenters. The lowest BCUT2D eigenvalue weighted by molar-refractivity contribution is 1.18. The molecule has 2 aromatic rings. The summed E-state index contributed by atoms with van der Waals surface area (Å²) in [6, 6.07) is 14.5. The van der Waals surface area contributed by atoms with Gasteiger partial charge in [-0.1, -0.05) is 51.8 Å². The van der Waals surface area contributed by atoms with Gasteiger partial charge in [0.25, 0.3) is 0 Å². The molecule has 0 amide bonds. The molecule has 0 spiro atoms. The highest BCUT2D eigenvalue weighted by Crippen LogP contribution is 2.19. The highest BCUT2D eigenvalue weighted by Gasteiger charge is 1.99. The van der Waals surface area contributed by atoms with Crippen molar-refractivity contribution in [3.63, 3.8) is 0 Å². The van der Waals surface area contributed by atoms with E-state index in [4.69, 9.17) is 11.6 Å². The second-order valence-corrected chi connectivity index (χ2v) is 5.18. The predicted molar refractivity (Wildman–Crippen MR) is 73.1 cm³/mol. The third-order valence-corrected chi connectivity index (χ3v) is 3.69. The number of benzene rings is 2. The van der Waals surface area contributed by atoms with Gasteiger partial charge in [0.15, 0.2) is 0 Å². The van der Waals surface area contributed by atoms with Gasteiger partial charge in [0.05, 0.1) is 0 Å². The van der Waals surface area contributed by atoms with Gasteiger partial charge in [0, 0.05) is 9.50 Å². The molecule has 2 rings (SSSR count). The highest BCUT2D eigenvalue weighted by molar-refractivity contribution is 9.10. The number of hydrogen-bond donors (Lipinski definition) is 0. The van der Waals surface area contributed by atoms with Crippen LogP contribution in [0.15, 0.2) is 46.9 Å². The summed E-state index contributed by atoms with van der Waals surface area (Å²) in [5.41, 5.74) is 3.88. The van der Waals surface area contributed by atoms with E-state index in [0.29, 0.717) is 0 Å². The number of rotatable bonds is 2. The third-order valence-electron chi connectivity index (χ3n) is 2.54. The first-order valence-corrected chi connectivity index (χ1v) is 6.32. The lowest BCUT2D eigenvalue weighted by Crippen LogP contribution is -1.89.